The second-order valence-electron chi connectivity index (χ2n) is 3.09. The Morgan fingerprint density at radius 3 is 2.13 bits per heavy atom. The van der Waals surface area contributed by atoms with Crippen molar-refractivity contribution in [1.29, 1.82) is 0 Å². The van der Waals surface area contributed by atoms with Crippen LogP contribution >= 0.6 is 0 Å². The predicted molar refractivity (Wildman–Crippen MR) is 56.2 cm³/mol. The summed E-state index contributed by atoms with van der Waals surface area (Å²) in [6.07, 6.45) is 6.30. The van der Waals surface area contributed by atoms with Crippen molar-refractivity contribution in [3.63, 3.8) is 0 Å². The molecular formula is C11H18O4. The number of methoxy groups -OCH3 is 2. The van der Waals surface area contributed by atoms with Crippen LogP contribution in [0.2, 0.25) is 0 Å². The van der Waals surface area contributed by atoms with Gasteiger partial charge in [-0.15, -0.1) is 0 Å². The van der Waals surface area contributed by atoms with Crippen LogP contribution in [0, 0.1) is 5.92 Å². The van der Waals surface area contributed by atoms with Crippen LogP contribution in [-0.4, -0.2) is 26.2 Å². The highest BCUT2D eigenvalue weighted by atomic mass is 16.5. The first-order valence-corrected chi connectivity index (χ1v) is 4.99. The molecular weight excluding hydrogens is 196 g/mol. The van der Waals surface area contributed by atoms with E-state index in [4.69, 9.17) is 0 Å². The van der Waals surface area contributed by atoms with Crippen molar-refractivity contribution in [1.82, 2.24) is 0 Å². The van der Waals surface area contributed by atoms with Gasteiger partial charge in [0.05, 0.1) is 14.2 Å². The molecule has 86 valence electrons. The molecule has 0 aliphatic carbocycles. The van der Waals surface area contributed by atoms with E-state index in [1.54, 1.807) is 0 Å². The predicted octanol–water partition coefficient (Wildman–Crippen LogP) is 1.70. The van der Waals surface area contributed by atoms with E-state index in [0.717, 1.165) is 19.3 Å². The largest absolute Gasteiger partial charge is 0.468 e. The monoisotopic (exact) mass is 214 g/mol. The highest BCUT2D eigenvalue weighted by Crippen LogP contribution is 2.06. The maximum atomic E-state index is 11.2. The van der Waals surface area contributed by atoms with Crippen LogP contribution < -0.4 is 0 Å². The fourth-order valence-electron chi connectivity index (χ4n) is 1.06. The normalized spacial score (nSPS) is 10.7. The maximum absolute atomic E-state index is 11.2. The van der Waals surface area contributed by atoms with Gasteiger partial charge in [0.15, 0.2) is 5.92 Å². The molecule has 0 aliphatic rings. The highest BCUT2D eigenvalue weighted by Gasteiger charge is 2.25. The van der Waals surface area contributed by atoms with Crippen molar-refractivity contribution in [2.24, 2.45) is 5.92 Å². The quantitative estimate of drug-likeness (QED) is 0.292. The molecule has 0 saturated carbocycles. The molecule has 0 spiro atoms. The molecule has 0 unspecified atom stereocenters. The Labute approximate surface area is 90.2 Å². The zero-order chi connectivity index (χ0) is 11.7. The average Bonchev–Trinajstić information content (AvgIpc) is 2.27. The Morgan fingerprint density at radius 2 is 1.73 bits per heavy atom. The molecule has 4 heteroatoms. The first-order valence-electron chi connectivity index (χ1n) is 4.99. The van der Waals surface area contributed by atoms with Gasteiger partial charge in [0.2, 0.25) is 0 Å². The molecule has 0 heterocycles. The average molecular weight is 214 g/mol. The van der Waals surface area contributed by atoms with Crippen LogP contribution in [0.3, 0.4) is 0 Å². The third kappa shape index (κ3) is 5.20. The summed E-state index contributed by atoms with van der Waals surface area (Å²) in [7, 11) is 2.50. The Morgan fingerprint density at radius 1 is 1.20 bits per heavy atom. The standard InChI is InChI=1S/C11H18O4/c1-4-5-6-7-8-9(10(12)14-2)11(13)15-3/h7-9H,4-6H2,1-3H3. The summed E-state index contributed by atoms with van der Waals surface area (Å²) in [4.78, 5) is 22.4. The number of esters is 2. The van der Waals surface area contributed by atoms with Crippen LogP contribution in [0.4, 0.5) is 0 Å². The number of hydrogen-bond donors (Lipinski definition) is 0. The van der Waals surface area contributed by atoms with Gasteiger partial charge in [-0.3, -0.25) is 9.59 Å². The van der Waals surface area contributed by atoms with Crippen molar-refractivity contribution >= 4 is 11.9 Å². The molecule has 0 fully saturated rings. The number of allylic oxidation sites excluding steroid dienone is 1. The van der Waals surface area contributed by atoms with E-state index in [1.807, 2.05) is 6.08 Å². The lowest BCUT2D eigenvalue weighted by molar-refractivity contribution is -0.156. The Hall–Kier alpha value is -1.32. The van der Waals surface area contributed by atoms with Gasteiger partial charge in [0.1, 0.15) is 0 Å². The molecule has 0 rings (SSSR count). The number of ether oxygens (including phenoxy) is 2. The summed E-state index contributed by atoms with van der Waals surface area (Å²) >= 11 is 0. The second kappa shape index (κ2) is 8.03. The fourth-order valence-corrected chi connectivity index (χ4v) is 1.06. The molecule has 0 aromatic heterocycles. The smallest absolute Gasteiger partial charge is 0.323 e. The molecule has 0 aromatic rings. The summed E-state index contributed by atoms with van der Waals surface area (Å²) in [6, 6.07) is 0. The first kappa shape index (κ1) is 13.7. The van der Waals surface area contributed by atoms with Gasteiger partial charge in [-0.05, 0) is 6.42 Å². The minimum absolute atomic E-state index is 0.588. The van der Waals surface area contributed by atoms with Gasteiger partial charge >= 0.3 is 11.9 Å². The van der Waals surface area contributed by atoms with Crippen molar-refractivity contribution in [3.05, 3.63) is 12.2 Å². The zero-order valence-electron chi connectivity index (χ0n) is 9.49. The number of carbonyl (C=O) groups excluding carboxylic acids is 2. The number of hydrogen-bond acceptors (Lipinski definition) is 4. The van der Waals surface area contributed by atoms with Crippen molar-refractivity contribution < 1.29 is 19.1 Å². The topological polar surface area (TPSA) is 52.6 Å². The van der Waals surface area contributed by atoms with Gasteiger partial charge in [0.25, 0.3) is 0 Å². The summed E-state index contributed by atoms with van der Waals surface area (Å²) in [6.45, 7) is 2.08. The number of carbonyl (C=O) groups is 2. The Kier molecular flexibility index (Phi) is 7.32. The molecule has 0 aliphatic heterocycles. The van der Waals surface area contributed by atoms with E-state index in [2.05, 4.69) is 16.4 Å². The van der Waals surface area contributed by atoms with Crippen LogP contribution in [0.25, 0.3) is 0 Å². The van der Waals surface area contributed by atoms with E-state index >= 15 is 0 Å². The van der Waals surface area contributed by atoms with Gasteiger partial charge in [-0.25, -0.2) is 0 Å². The van der Waals surface area contributed by atoms with E-state index < -0.39 is 17.9 Å². The van der Waals surface area contributed by atoms with Crippen molar-refractivity contribution in [3.8, 4) is 0 Å². The molecule has 0 bridgehead atoms. The van der Waals surface area contributed by atoms with Crippen LogP contribution in [0.1, 0.15) is 26.2 Å². The molecule has 15 heavy (non-hydrogen) atoms. The number of rotatable bonds is 6. The lowest BCUT2D eigenvalue weighted by Crippen LogP contribution is -2.24. The van der Waals surface area contributed by atoms with Gasteiger partial charge < -0.3 is 9.47 Å². The lowest BCUT2D eigenvalue weighted by atomic mass is 10.1. The summed E-state index contributed by atoms with van der Waals surface area (Å²) in [5.41, 5.74) is 0. The molecule has 0 N–H and O–H groups in total. The van der Waals surface area contributed by atoms with E-state index in [9.17, 15) is 9.59 Å². The van der Waals surface area contributed by atoms with Gasteiger partial charge in [-0.1, -0.05) is 31.9 Å². The third-order valence-electron chi connectivity index (χ3n) is 1.96. The van der Waals surface area contributed by atoms with Crippen LogP contribution in [-0.2, 0) is 19.1 Å². The first-order chi connectivity index (χ1) is 7.17. The molecule has 0 aromatic carbocycles. The van der Waals surface area contributed by atoms with Crippen LogP contribution in [0.15, 0.2) is 12.2 Å². The molecule has 0 amide bonds. The molecule has 4 nitrogen and oxygen atoms in total. The fraction of sp³-hybridized carbons (Fsp3) is 0.636. The lowest BCUT2D eigenvalue weighted by Gasteiger charge is -2.07. The highest BCUT2D eigenvalue weighted by molar-refractivity contribution is 5.96. The van der Waals surface area contributed by atoms with E-state index in [-0.39, 0.29) is 0 Å². The van der Waals surface area contributed by atoms with Crippen molar-refractivity contribution in [2.75, 3.05) is 14.2 Å². The Bertz CT molecular complexity index is 217. The van der Waals surface area contributed by atoms with E-state index in [1.165, 1.54) is 20.3 Å². The molecule has 0 atom stereocenters. The summed E-state index contributed by atoms with van der Waals surface area (Å²) < 4.78 is 9.00. The van der Waals surface area contributed by atoms with Crippen molar-refractivity contribution in [2.45, 2.75) is 26.2 Å². The zero-order valence-corrected chi connectivity index (χ0v) is 9.49. The maximum Gasteiger partial charge on any atom is 0.323 e. The minimum Gasteiger partial charge on any atom is -0.468 e. The SMILES string of the molecule is CCCCC=CC(C(=O)OC)C(=O)OC. The number of unbranched alkanes of at least 4 members (excludes halogenated alkanes) is 2. The van der Waals surface area contributed by atoms with Gasteiger partial charge in [-0.2, -0.15) is 0 Å². The van der Waals surface area contributed by atoms with E-state index in [0.29, 0.717) is 0 Å². The summed E-state index contributed by atoms with van der Waals surface area (Å²) in [5, 5.41) is 0. The second-order valence-corrected chi connectivity index (χ2v) is 3.09. The molecule has 0 saturated heterocycles. The Balaban J connectivity index is 4.31. The molecule has 0 radical (unpaired) electrons. The third-order valence-corrected chi connectivity index (χ3v) is 1.96. The van der Waals surface area contributed by atoms with Gasteiger partial charge in [0, 0.05) is 0 Å². The minimum atomic E-state index is -0.933. The summed E-state index contributed by atoms with van der Waals surface area (Å²) in [5.74, 6) is -2.11. The van der Waals surface area contributed by atoms with Crippen LogP contribution in [0.5, 0.6) is 0 Å².